The smallest absolute Gasteiger partial charge is 0.306 e. The van der Waals surface area contributed by atoms with Gasteiger partial charge in [-0.1, -0.05) is 13.8 Å². The van der Waals surface area contributed by atoms with Gasteiger partial charge in [-0.15, -0.1) is 0 Å². The zero-order valence-electron chi connectivity index (χ0n) is 22.2. The third-order valence-corrected chi connectivity index (χ3v) is 11.2. The minimum atomic E-state index is -0.740. The van der Waals surface area contributed by atoms with Crippen LogP contribution >= 0.6 is 0 Å². The van der Waals surface area contributed by atoms with Crippen molar-refractivity contribution in [3.05, 3.63) is 0 Å². The molecule has 0 spiro atoms. The fourth-order valence-corrected chi connectivity index (χ4v) is 10.3. The van der Waals surface area contributed by atoms with E-state index >= 15 is 0 Å². The first-order chi connectivity index (χ1) is 17.4. The van der Waals surface area contributed by atoms with E-state index in [1.54, 1.807) is 0 Å². The molecule has 8 aliphatic rings. The average molecular weight is 515 g/mol. The van der Waals surface area contributed by atoms with Crippen LogP contribution in [-0.2, 0) is 28.7 Å². The summed E-state index contributed by atoms with van der Waals surface area (Å²) in [5.41, 5.74) is 9.63. The average Bonchev–Trinajstić information content (AvgIpc) is 2.76. The summed E-state index contributed by atoms with van der Waals surface area (Å²) in [5, 5.41) is 0. The first-order valence-corrected chi connectivity index (χ1v) is 14.4. The summed E-state index contributed by atoms with van der Waals surface area (Å²) in [6, 6.07) is 0. The molecule has 8 heteroatoms. The number of rotatable bonds is 8. The first-order valence-electron chi connectivity index (χ1n) is 14.4. The molecule has 2 amide bonds. The Morgan fingerprint density at radius 3 is 1.27 bits per heavy atom. The molecule has 0 saturated heterocycles. The van der Waals surface area contributed by atoms with Gasteiger partial charge in [0.1, 0.15) is 12.2 Å². The molecule has 0 aromatic carbocycles. The van der Waals surface area contributed by atoms with Gasteiger partial charge in [0.05, 0.1) is 23.7 Å². The second-order valence-electron chi connectivity index (χ2n) is 14.6. The molecule has 0 aliphatic heterocycles. The lowest BCUT2D eigenvalue weighted by Gasteiger charge is -2.58. The van der Waals surface area contributed by atoms with E-state index in [9.17, 15) is 19.2 Å². The van der Waals surface area contributed by atoms with Gasteiger partial charge in [0.2, 0.25) is 11.8 Å². The lowest BCUT2D eigenvalue weighted by atomic mass is 9.48. The standard InChI is InChI=1S/C29H42N2O6/c1-27(2,13-21(32)36-23-19-5-15-3-16(6-19)10-28(23,9-15)25(30)34)14-22(33)37-24-20-7-17-4-18(8-20)12-29(24,11-17)26(31)35/h15-20,23-24H,3-14H2,1-2H3,(H2,30,34)(H2,31,35). The number of carbonyl (C=O) groups excluding carboxylic acids is 4. The molecule has 0 aromatic heterocycles. The molecule has 0 aromatic rings. The van der Waals surface area contributed by atoms with Crippen molar-refractivity contribution in [1.82, 2.24) is 0 Å². The monoisotopic (exact) mass is 514 g/mol. The van der Waals surface area contributed by atoms with Crippen molar-refractivity contribution in [3.63, 3.8) is 0 Å². The van der Waals surface area contributed by atoms with Crippen LogP contribution in [0.4, 0.5) is 0 Å². The number of nitrogens with two attached hydrogens (primary N) is 2. The highest BCUT2D eigenvalue weighted by Crippen LogP contribution is 2.62. The first kappa shape index (κ1) is 25.2. The topological polar surface area (TPSA) is 139 Å². The highest BCUT2D eigenvalue weighted by molar-refractivity contribution is 5.84. The molecule has 8 rings (SSSR count). The maximum atomic E-state index is 13.1. The Kier molecular flexibility index (Phi) is 5.74. The molecule has 8 bridgehead atoms. The Morgan fingerprint density at radius 1 is 0.649 bits per heavy atom. The van der Waals surface area contributed by atoms with Crippen LogP contribution in [0.25, 0.3) is 0 Å². The Bertz CT molecular complexity index is 916. The van der Waals surface area contributed by atoms with Crippen LogP contribution in [0.5, 0.6) is 0 Å². The minimum Gasteiger partial charge on any atom is -0.461 e. The van der Waals surface area contributed by atoms with E-state index in [0.717, 1.165) is 64.2 Å². The molecule has 8 aliphatic carbocycles. The summed E-state index contributed by atoms with van der Waals surface area (Å²) in [4.78, 5) is 51.4. The summed E-state index contributed by atoms with van der Waals surface area (Å²) in [6.07, 6.45) is 8.31. The lowest BCUT2D eigenvalue weighted by Crippen LogP contribution is -2.62. The fraction of sp³-hybridized carbons (Fsp3) is 0.862. The number of amides is 2. The van der Waals surface area contributed by atoms with Crippen LogP contribution in [0.3, 0.4) is 0 Å². The number of primary amides is 2. The van der Waals surface area contributed by atoms with E-state index in [-0.39, 0.29) is 48.4 Å². The second-order valence-corrected chi connectivity index (χ2v) is 14.6. The zero-order chi connectivity index (χ0) is 26.3. The predicted molar refractivity (Wildman–Crippen MR) is 133 cm³/mol. The van der Waals surface area contributed by atoms with Crippen molar-refractivity contribution in [2.24, 2.45) is 63.2 Å². The normalized spacial score (nSPS) is 45.0. The molecule has 6 atom stereocenters. The molecule has 6 unspecified atom stereocenters. The maximum absolute atomic E-state index is 13.1. The van der Waals surface area contributed by atoms with Gasteiger partial charge < -0.3 is 20.9 Å². The van der Waals surface area contributed by atoms with E-state index in [1.165, 1.54) is 0 Å². The summed E-state index contributed by atoms with van der Waals surface area (Å²) in [7, 11) is 0. The van der Waals surface area contributed by atoms with E-state index in [1.807, 2.05) is 13.8 Å². The summed E-state index contributed by atoms with van der Waals surface area (Å²) < 4.78 is 12.1. The van der Waals surface area contributed by atoms with Crippen LogP contribution in [0, 0.1) is 51.8 Å². The molecular weight excluding hydrogens is 472 g/mol. The van der Waals surface area contributed by atoms with E-state index in [2.05, 4.69) is 0 Å². The summed E-state index contributed by atoms with van der Waals surface area (Å²) in [5.74, 6) is 0.923. The third-order valence-electron chi connectivity index (χ3n) is 11.2. The second kappa shape index (κ2) is 8.44. The van der Waals surface area contributed by atoms with Gasteiger partial charge in [0, 0.05) is 0 Å². The van der Waals surface area contributed by atoms with Crippen LogP contribution in [0.2, 0.25) is 0 Å². The van der Waals surface area contributed by atoms with Crippen LogP contribution in [0.15, 0.2) is 0 Å². The number of hydrogen-bond acceptors (Lipinski definition) is 6. The van der Waals surface area contributed by atoms with Crippen molar-refractivity contribution in [3.8, 4) is 0 Å². The highest BCUT2D eigenvalue weighted by Gasteiger charge is 2.63. The molecule has 8 nitrogen and oxygen atoms in total. The fourth-order valence-electron chi connectivity index (χ4n) is 10.3. The van der Waals surface area contributed by atoms with E-state index in [4.69, 9.17) is 20.9 Å². The van der Waals surface area contributed by atoms with Crippen molar-refractivity contribution in [1.29, 1.82) is 0 Å². The number of hydrogen-bond donors (Lipinski definition) is 2. The van der Waals surface area contributed by atoms with Crippen LogP contribution in [-0.4, -0.2) is 36.0 Å². The largest absolute Gasteiger partial charge is 0.461 e. The van der Waals surface area contributed by atoms with Crippen LogP contribution in [0.1, 0.15) is 90.9 Å². The Morgan fingerprint density at radius 2 is 0.973 bits per heavy atom. The van der Waals surface area contributed by atoms with Gasteiger partial charge in [0.25, 0.3) is 0 Å². The van der Waals surface area contributed by atoms with Crippen molar-refractivity contribution in [2.45, 2.75) is 103 Å². The quantitative estimate of drug-likeness (QED) is 0.477. The van der Waals surface area contributed by atoms with Gasteiger partial charge >= 0.3 is 11.9 Å². The van der Waals surface area contributed by atoms with Crippen LogP contribution < -0.4 is 11.5 Å². The molecule has 4 N–H and O–H groups in total. The lowest BCUT2D eigenvalue weighted by molar-refractivity contribution is -0.198. The summed E-state index contributed by atoms with van der Waals surface area (Å²) in [6.45, 7) is 3.72. The SMILES string of the molecule is CC(C)(CC(=O)OC1C2CC3CC(C2)CC1(C(N)=O)C3)CC(=O)OC1C2CC3CC(C2)CC1(C(N)=O)C3. The third kappa shape index (κ3) is 4.08. The molecule has 37 heavy (non-hydrogen) atoms. The minimum absolute atomic E-state index is 0.0478. The molecule has 8 fully saturated rings. The van der Waals surface area contributed by atoms with Gasteiger partial charge in [-0.3, -0.25) is 19.2 Å². The Hall–Kier alpha value is -2.12. The molecular formula is C29H42N2O6. The van der Waals surface area contributed by atoms with Gasteiger partial charge in [0.15, 0.2) is 0 Å². The Labute approximate surface area is 218 Å². The van der Waals surface area contributed by atoms with E-state index in [0.29, 0.717) is 23.7 Å². The zero-order valence-corrected chi connectivity index (χ0v) is 22.2. The molecule has 8 saturated carbocycles. The van der Waals surface area contributed by atoms with E-state index < -0.39 is 28.5 Å². The van der Waals surface area contributed by atoms with Crippen molar-refractivity contribution < 1.29 is 28.7 Å². The van der Waals surface area contributed by atoms with Crippen molar-refractivity contribution in [2.75, 3.05) is 0 Å². The Balaban J connectivity index is 1.09. The number of esters is 2. The highest BCUT2D eigenvalue weighted by atomic mass is 16.6. The molecule has 204 valence electrons. The van der Waals surface area contributed by atoms with Gasteiger partial charge in [-0.25, -0.2) is 0 Å². The molecule has 0 radical (unpaired) electrons. The maximum Gasteiger partial charge on any atom is 0.306 e. The van der Waals surface area contributed by atoms with Crippen molar-refractivity contribution >= 4 is 23.8 Å². The van der Waals surface area contributed by atoms with Gasteiger partial charge in [-0.05, 0) is 105 Å². The number of ether oxygens (including phenoxy) is 2. The number of carbonyl (C=O) groups is 4. The molecule has 0 heterocycles. The predicted octanol–water partition coefficient (Wildman–Crippen LogP) is 3.24. The van der Waals surface area contributed by atoms with Gasteiger partial charge in [-0.2, -0.15) is 0 Å². The summed E-state index contributed by atoms with van der Waals surface area (Å²) >= 11 is 0.